The summed E-state index contributed by atoms with van der Waals surface area (Å²) in [7, 11) is 1.55. The smallest absolute Gasteiger partial charge is 0.335 e. The second kappa shape index (κ2) is 7.10. The molecule has 3 rings (SSSR count). The Morgan fingerprint density at radius 1 is 1.26 bits per heavy atom. The van der Waals surface area contributed by atoms with Crippen molar-refractivity contribution in [3.8, 4) is 11.5 Å². The lowest BCUT2D eigenvalue weighted by Gasteiger charge is -2.33. The van der Waals surface area contributed by atoms with Crippen molar-refractivity contribution in [2.45, 2.75) is 39.5 Å². The molecule has 4 heteroatoms. The van der Waals surface area contributed by atoms with Gasteiger partial charge in [-0.1, -0.05) is 19.9 Å². The van der Waals surface area contributed by atoms with Crippen LogP contribution in [0.15, 0.2) is 30.3 Å². The molecule has 2 aromatic carbocycles. The normalized spacial score (nSPS) is 15.7. The molecule has 0 amide bonds. The van der Waals surface area contributed by atoms with Gasteiger partial charge in [-0.2, -0.15) is 0 Å². The number of carboxylic acid groups (broad SMARTS) is 1. The van der Waals surface area contributed by atoms with Crippen LogP contribution in [0.2, 0.25) is 0 Å². The first-order valence-electron chi connectivity index (χ1n) is 9.11. The Morgan fingerprint density at radius 3 is 2.67 bits per heavy atom. The van der Waals surface area contributed by atoms with E-state index in [0.717, 1.165) is 41.0 Å². The highest BCUT2D eigenvalue weighted by Crippen LogP contribution is 2.41. The van der Waals surface area contributed by atoms with Crippen LogP contribution in [0.3, 0.4) is 0 Å². The highest BCUT2D eigenvalue weighted by Gasteiger charge is 2.29. The van der Waals surface area contributed by atoms with E-state index < -0.39 is 5.97 Å². The van der Waals surface area contributed by atoms with E-state index in [1.807, 2.05) is 6.08 Å². The summed E-state index contributed by atoms with van der Waals surface area (Å²) in [5.74, 6) is 0.561. The maximum atomic E-state index is 11.2. The summed E-state index contributed by atoms with van der Waals surface area (Å²) in [6.45, 7) is 9.40. The summed E-state index contributed by atoms with van der Waals surface area (Å²) in [6, 6.07) is 9.28. The van der Waals surface area contributed by atoms with Crippen molar-refractivity contribution < 1.29 is 19.4 Å². The molecule has 142 valence electrons. The fourth-order valence-electron chi connectivity index (χ4n) is 3.58. The molecule has 0 bridgehead atoms. The molecule has 0 aliphatic carbocycles. The van der Waals surface area contributed by atoms with Crippen molar-refractivity contribution in [1.82, 2.24) is 0 Å². The summed E-state index contributed by atoms with van der Waals surface area (Å²) in [5, 5.41) is 9.17. The van der Waals surface area contributed by atoms with Gasteiger partial charge >= 0.3 is 5.97 Å². The molecule has 0 saturated heterocycles. The number of ether oxygens (including phenoxy) is 2. The number of carboxylic acids is 1. The second-order valence-electron chi connectivity index (χ2n) is 7.73. The minimum absolute atomic E-state index is 0.0805. The first-order valence-corrected chi connectivity index (χ1v) is 9.11. The van der Waals surface area contributed by atoms with Crippen LogP contribution in [0.1, 0.15) is 59.8 Å². The molecular formula is C23H26O4. The SMILES string of the molecule is COc1cc(C(=O)O)ccc1/C=C(\C)c1cc2c(cc1C)OCCC2(C)C. The van der Waals surface area contributed by atoms with Crippen molar-refractivity contribution in [1.29, 1.82) is 0 Å². The van der Waals surface area contributed by atoms with Gasteiger partial charge < -0.3 is 14.6 Å². The quantitative estimate of drug-likeness (QED) is 0.744. The van der Waals surface area contributed by atoms with E-state index in [9.17, 15) is 9.90 Å². The summed E-state index contributed by atoms with van der Waals surface area (Å²) in [6.07, 6.45) is 3.03. The fraction of sp³-hybridized carbons (Fsp3) is 0.348. The van der Waals surface area contributed by atoms with Crippen molar-refractivity contribution in [2.24, 2.45) is 0 Å². The third-order valence-corrected chi connectivity index (χ3v) is 5.32. The average molecular weight is 366 g/mol. The topological polar surface area (TPSA) is 55.8 Å². The maximum absolute atomic E-state index is 11.2. The lowest BCUT2D eigenvalue weighted by atomic mass is 9.78. The zero-order valence-electron chi connectivity index (χ0n) is 16.6. The van der Waals surface area contributed by atoms with Gasteiger partial charge in [0.1, 0.15) is 11.5 Å². The number of methoxy groups -OCH3 is 1. The largest absolute Gasteiger partial charge is 0.496 e. The first-order chi connectivity index (χ1) is 12.7. The molecule has 1 N–H and O–H groups in total. The molecule has 0 spiro atoms. The second-order valence-corrected chi connectivity index (χ2v) is 7.73. The van der Waals surface area contributed by atoms with Crippen molar-refractivity contribution >= 4 is 17.6 Å². The van der Waals surface area contributed by atoms with Crippen LogP contribution >= 0.6 is 0 Å². The predicted octanol–water partition coefficient (Wildman–Crippen LogP) is 5.32. The minimum atomic E-state index is -0.965. The Bertz CT molecular complexity index is 922. The number of rotatable bonds is 4. The van der Waals surface area contributed by atoms with Crippen LogP contribution in [0.5, 0.6) is 11.5 Å². The van der Waals surface area contributed by atoms with Gasteiger partial charge in [-0.3, -0.25) is 0 Å². The van der Waals surface area contributed by atoms with Gasteiger partial charge in [0, 0.05) is 11.1 Å². The minimum Gasteiger partial charge on any atom is -0.496 e. The van der Waals surface area contributed by atoms with Crippen LogP contribution < -0.4 is 9.47 Å². The summed E-state index contributed by atoms with van der Waals surface area (Å²) in [5.41, 5.74) is 5.79. The molecule has 1 aliphatic heterocycles. The molecular weight excluding hydrogens is 340 g/mol. The van der Waals surface area contributed by atoms with Gasteiger partial charge in [0.15, 0.2) is 0 Å². The highest BCUT2D eigenvalue weighted by atomic mass is 16.5. The van der Waals surface area contributed by atoms with E-state index in [1.165, 1.54) is 5.56 Å². The molecule has 1 aliphatic rings. The molecule has 0 saturated carbocycles. The van der Waals surface area contributed by atoms with Crippen LogP contribution in [-0.2, 0) is 5.41 Å². The Morgan fingerprint density at radius 2 is 2.00 bits per heavy atom. The number of allylic oxidation sites excluding steroid dienone is 1. The monoisotopic (exact) mass is 366 g/mol. The number of benzene rings is 2. The molecule has 0 aromatic heterocycles. The first kappa shape index (κ1) is 19.0. The van der Waals surface area contributed by atoms with Crippen LogP contribution in [0.4, 0.5) is 0 Å². The molecule has 4 nitrogen and oxygen atoms in total. The van der Waals surface area contributed by atoms with Gasteiger partial charge in [-0.15, -0.1) is 0 Å². The zero-order chi connectivity index (χ0) is 19.8. The van der Waals surface area contributed by atoms with E-state index in [4.69, 9.17) is 9.47 Å². The Kier molecular flexibility index (Phi) is 5.01. The number of carbonyl (C=O) groups is 1. The number of aryl methyl sites for hydroxylation is 1. The summed E-state index contributed by atoms with van der Waals surface area (Å²) >= 11 is 0. The van der Waals surface area contributed by atoms with E-state index in [0.29, 0.717) is 5.75 Å². The lowest BCUT2D eigenvalue weighted by Crippen LogP contribution is -2.26. The van der Waals surface area contributed by atoms with E-state index >= 15 is 0 Å². The van der Waals surface area contributed by atoms with Crippen molar-refractivity contribution in [3.05, 3.63) is 58.1 Å². The van der Waals surface area contributed by atoms with E-state index in [2.05, 4.69) is 39.8 Å². The average Bonchev–Trinajstić information content (AvgIpc) is 2.60. The molecule has 0 unspecified atom stereocenters. The van der Waals surface area contributed by atoms with E-state index in [1.54, 1.807) is 25.3 Å². The Balaban J connectivity index is 2.06. The molecule has 0 fully saturated rings. The molecule has 1 heterocycles. The van der Waals surface area contributed by atoms with Crippen LogP contribution in [-0.4, -0.2) is 24.8 Å². The van der Waals surface area contributed by atoms with Gasteiger partial charge in [-0.05, 0) is 72.7 Å². The number of hydrogen-bond acceptors (Lipinski definition) is 3. The standard InChI is InChI=1S/C23H26O4/c1-14(10-16-6-7-17(22(24)25)12-20(16)26-5)18-13-19-21(11-15(18)2)27-9-8-23(19,3)4/h6-7,10-13H,8-9H2,1-5H3,(H,24,25)/b14-10+. The van der Waals surface area contributed by atoms with Crippen molar-refractivity contribution in [2.75, 3.05) is 13.7 Å². The molecule has 0 atom stereocenters. The molecule has 0 radical (unpaired) electrons. The van der Waals surface area contributed by atoms with Crippen LogP contribution in [0.25, 0.3) is 11.6 Å². The van der Waals surface area contributed by atoms with Gasteiger partial charge in [0.25, 0.3) is 0 Å². The number of aromatic carboxylic acids is 1. The van der Waals surface area contributed by atoms with Crippen molar-refractivity contribution in [3.63, 3.8) is 0 Å². The van der Waals surface area contributed by atoms with Crippen LogP contribution in [0, 0.1) is 6.92 Å². The highest BCUT2D eigenvalue weighted by molar-refractivity contribution is 5.90. The molecule has 27 heavy (non-hydrogen) atoms. The number of fused-ring (bicyclic) bond motifs is 1. The van der Waals surface area contributed by atoms with Gasteiger partial charge in [-0.25, -0.2) is 4.79 Å². The molecule has 2 aromatic rings. The third kappa shape index (κ3) is 3.70. The van der Waals surface area contributed by atoms with Gasteiger partial charge in [0.05, 0.1) is 19.3 Å². The number of hydrogen-bond donors (Lipinski definition) is 1. The lowest BCUT2D eigenvalue weighted by molar-refractivity contribution is 0.0696. The Hall–Kier alpha value is -2.75. The van der Waals surface area contributed by atoms with E-state index in [-0.39, 0.29) is 11.0 Å². The third-order valence-electron chi connectivity index (χ3n) is 5.32. The predicted molar refractivity (Wildman–Crippen MR) is 108 cm³/mol. The Labute approximate surface area is 160 Å². The summed E-state index contributed by atoms with van der Waals surface area (Å²) < 4.78 is 11.3. The van der Waals surface area contributed by atoms with Gasteiger partial charge in [0.2, 0.25) is 0 Å². The zero-order valence-corrected chi connectivity index (χ0v) is 16.6. The maximum Gasteiger partial charge on any atom is 0.335 e. The summed E-state index contributed by atoms with van der Waals surface area (Å²) in [4.78, 5) is 11.2. The fourth-order valence-corrected chi connectivity index (χ4v) is 3.58.